The van der Waals surface area contributed by atoms with Gasteiger partial charge in [0.25, 0.3) is 11.6 Å². The lowest BCUT2D eigenvalue weighted by molar-refractivity contribution is -0.384. The molecule has 1 aromatic heterocycles. The number of aromatic carboxylic acids is 1. The van der Waals surface area contributed by atoms with E-state index in [1.54, 1.807) is 5.38 Å². The zero-order valence-electron chi connectivity index (χ0n) is 15.5. The van der Waals surface area contributed by atoms with Gasteiger partial charge >= 0.3 is 5.97 Å². The van der Waals surface area contributed by atoms with Crippen molar-refractivity contribution in [3.63, 3.8) is 0 Å². The Balaban J connectivity index is 1.90. The Morgan fingerprint density at radius 3 is 2.45 bits per heavy atom. The Bertz CT molecular complexity index is 1240. The van der Waals surface area contributed by atoms with Gasteiger partial charge in [0, 0.05) is 29.4 Å². The van der Waals surface area contributed by atoms with E-state index < -0.39 is 39.9 Å². The number of thiazole rings is 1. The zero-order chi connectivity index (χ0) is 22.3. The fourth-order valence-corrected chi connectivity index (χ4v) is 4.09. The van der Waals surface area contributed by atoms with Gasteiger partial charge in [0.15, 0.2) is 5.76 Å². The molecule has 3 aromatic rings. The summed E-state index contributed by atoms with van der Waals surface area (Å²) in [6, 6.07) is 8.12. The number of aliphatic hydroxyl groups is 1. The second kappa shape index (κ2) is 7.54. The van der Waals surface area contributed by atoms with Crippen LogP contribution in [0.5, 0.6) is 5.75 Å². The van der Waals surface area contributed by atoms with Gasteiger partial charge in [-0.05, 0) is 35.9 Å². The molecule has 31 heavy (non-hydrogen) atoms. The van der Waals surface area contributed by atoms with Crippen molar-refractivity contribution in [2.24, 2.45) is 0 Å². The Morgan fingerprint density at radius 1 is 1.16 bits per heavy atom. The largest absolute Gasteiger partial charge is 0.507 e. The third-order valence-corrected chi connectivity index (χ3v) is 5.59. The van der Waals surface area contributed by atoms with Crippen molar-refractivity contribution in [2.45, 2.75) is 6.04 Å². The van der Waals surface area contributed by atoms with E-state index in [1.807, 2.05) is 0 Å². The Labute approximate surface area is 178 Å². The molecular formula is C20H13N3O7S. The first-order valence-corrected chi connectivity index (χ1v) is 9.64. The third kappa shape index (κ3) is 3.36. The average Bonchev–Trinajstić information content (AvgIpc) is 3.35. The number of aliphatic hydroxyl groups excluding tert-OH is 1. The van der Waals surface area contributed by atoms with Crippen molar-refractivity contribution >= 4 is 40.2 Å². The van der Waals surface area contributed by atoms with Crippen LogP contribution >= 0.6 is 11.3 Å². The molecule has 1 atom stereocenters. The van der Waals surface area contributed by atoms with E-state index in [1.165, 1.54) is 52.8 Å². The van der Waals surface area contributed by atoms with E-state index in [9.17, 15) is 35.0 Å². The highest BCUT2D eigenvalue weighted by molar-refractivity contribution is 7.10. The number of nitro benzene ring substituents is 1. The molecule has 0 aliphatic carbocycles. The maximum absolute atomic E-state index is 13.0. The SMILES string of the molecule is O=C(O)c1cc(N2C(=O)C(O)=C(c3nccs3)C2c2ccc([N+](=O)[O-])cc2)ccc1O. The Kier molecular flexibility index (Phi) is 4.87. The van der Waals surface area contributed by atoms with Crippen LogP contribution in [0.4, 0.5) is 11.4 Å². The number of carbonyl (C=O) groups excluding carboxylic acids is 1. The predicted molar refractivity (Wildman–Crippen MR) is 110 cm³/mol. The number of hydrogen-bond acceptors (Lipinski definition) is 8. The molecule has 156 valence electrons. The van der Waals surface area contributed by atoms with E-state index in [0.29, 0.717) is 10.6 Å². The number of carboxylic acid groups (broad SMARTS) is 1. The summed E-state index contributed by atoms with van der Waals surface area (Å²) in [5, 5.41) is 42.8. The molecule has 1 aliphatic rings. The highest BCUT2D eigenvalue weighted by Crippen LogP contribution is 2.46. The van der Waals surface area contributed by atoms with E-state index in [4.69, 9.17) is 0 Å². The summed E-state index contributed by atoms with van der Waals surface area (Å²) in [5.74, 6) is -3.24. The molecule has 1 amide bonds. The number of aromatic nitrogens is 1. The van der Waals surface area contributed by atoms with Gasteiger partial charge in [-0.1, -0.05) is 0 Å². The number of anilines is 1. The minimum absolute atomic E-state index is 0.113. The summed E-state index contributed by atoms with van der Waals surface area (Å²) >= 11 is 1.19. The first-order chi connectivity index (χ1) is 14.8. The summed E-state index contributed by atoms with van der Waals surface area (Å²) in [6.45, 7) is 0. The van der Waals surface area contributed by atoms with Crippen LogP contribution < -0.4 is 4.90 Å². The van der Waals surface area contributed by atoms with Gasteiger partial charge in [-0.15, -0.1) is 11.3 Å². The number of aromatic hydroxyl groups is 1. The smallest absolute Gasteiger partial charge is 0.339 e. The van der Waals surface area contributed by atoms with Crippen molar-refractivity contribution in [1.29, 1.82) is 0 Å². The molecule has 4 rings (SSSR count). The number of nitrogens with zero attached hydrogens (tertiary/aromatic N) is 3. The van der Waals surface area contributed by atoms with E-state index in [2.05, 4.69) is 4.98 Å². The van der Waals surface area contributed by atoms with Gasteiger partial charge in [0.2, 0.25) is 0 Å². The van der Waals surface area contributed by atoms with Gasteiger partial charge in [-0.3, -0.25) is 19.8 Å². The molecule has 1 aliphatic heterocycles. The third-order valence-electron chi connectivity index (χ3n) is 4.78. The summed E-state index contributed by atoms with van der Waals surface area (Å²) in [5.41, 5.74) is 0.176. The lowest BCUT2D eigenvalue weighted by Gasteiger charge is -2.27. The number of rotatable bonds is 5. The number of hydrogen-bond donors (Lipinski definition) is 3. The summed E-state index contributed by atoms with van der Waals surface area (Å²) in [6.07, 6.45) is 1.50. The predicted octanol–water partition coefficient (Wildman–Crippen LogP) is 3.51. The zero-order valence-corrected chi connectivity index (χ0v) is 16.3. The number of phenols is 1. The minimum atomic E-state index is -1.39. The molecule has 0 spiro atoms. The van der Waals surface area contributed by atoms with Crippen molar-refractivity contribution in [2.75, 3.05) is 4.90 Å². The number of benzene rings is 2. The van der Waals surface area contributed by atoms with Gasteiger partial charge < -0.3 is 15.3 Å². The molecule has 0 fully saturated rings. The van der Waals surface area contributed by atoms with Crippen LogP contribution in [-0.4, -0.2) is 37.1 Å². The molecule has 11 heteroatoms. The lowest BCUT2D eigenvalue weighted by atomic mass is 9.98. The molecule has 0 saturated carbocycles. The first kappa shape index (κ1) is 20.0. The second-order valence-corrected chi connectivity index (χ2v) is 7.43. The van der Waals surface area contributed by atoms with Crippen molar-refractivity contribution in [1.82, 2.24) is 4.98 Å². The number of nitro groups is 1. The molecule has 2 heterocycles. The maximum Gasteiger partial charge on any atom is 0.339 e. The van der Waals surface area contributed by atoms with Gasteiger partial charge in [-0.2, -0.15) is 0 Å². The molecule has 2 aromatic carbocycles. The van der Waals surface area contributed by atoms with Crippen LogP contribution in [0.15, 0.2) is 59.8 Å². The van der Waals surface area contributed by atoms with Crippen LogP contribution in [0.2, 0.25) is 0 Å². The van der Waals surface area contributed by atoms with E-state index >= 15 is 0 Å². The van der Waals surface area contributed by atoms with E-state index in [-0.39, 0.29) is 16.9 Å². The normalized spacial score (nSPS) is 16.1. The van der Waals surface area contributed by atoms with E-state index in [0.717, 1.165) is 12.1 Å². The molecule has 3 N–H and O–H groups in total. The van der Waals surface area contributed by atoms with Crippen molar-refractivity contribution in [3.8, 4) is 5.75 Å². The summed E-state index contributed by atoms with van der Waals surface area (Å²) in [7, 11) is 0. The number of carboxylic acids is 1. The first-order valence-electron chi connectivity index (χ1n) is 8.76. The molecule has 0 saturated heterocycles. The average molecular weight is 439 g/mol. The highest BCUT2D eigenvalue weighted by atomic mass is 32.1. The maximum atomic E-state index is 13.0. The van der Waals surface area contributed by atoms with Crippen LogP contribution in [-0.2, 0) is 4.79 Å². The monoisotopic (exact) mass is 439 g/mol. The van der Waals surface area contributed by atoms with Gasteiger partial charge in [0.05, 0.1) is 16.5 Å². The Morgan fingerprint density at radius 2 is 1.87 bits per heavy atom. The van der Waals surface area contributed by atoms with Crippen LogP contribution in [0, 0.1) is 10.1 Å². The van der Waals surface area contributed by atoms with Crippen LogP contribution in [0.1, 0.15) is 27.0 Å². The molecule has 1 unspecified atom stereocenters. The Hall–Kier alpha value is -4.25. The summed E-state index contributed by atoms with van der Waals surface area (Å²) in [4.78, 5) is 40.2. The quantitative estimate of drug-likeness (QED) is 0.403. The number of amides is 1. The topological polar surface area (TPSA) is 154 Å². The van der Waals surface area contributed by atoms with Gasteiger partial charge in [-0.25, -0.2) is 9.78 Å². The second-order valence-electron chi connectivity index (χ2n) is 6.53. The molecule has 0 bridgehead atoms. The molecular weight excluding hydrogens is 426 g/mol. The standard InChI is InChI=1S/C20H13N3O7S/c24-14-6-5-12(9-13(14)20(27)28)22-16(10-1-3-11(4-2-10)23(29)30)15(17(25)19(22)26)18-21-7-8-31-18/h1-9,16,24-25H,(H,27,28). The fraction of sp³-hybridized carbons (Fsp3) is 0.0500. The molecule has 0 radical (unpaired) electrons. The fourth-order valence-electron chi connectivity index (χ4n) is 3.39. The van der Waals surface area contributed by atoms with Crippen molar-refractivity contribution < 1.29 is 29.8 Å². The lowest BCUT2D eigenvalue weighted by Crippen LogP contribution is -2.30. The van der Waals surface area contributed by atoms with Crippen molar-refractivity contribution in [3.05, 3.63) is 86.0 Å². The highest BCUT2D eigenvalue weighted by Gasteiger charge is 2.43. The van der Waals surface area contributed by atoms with Gasteiger partial charge in [0.1, 0.15) is 16.3 Å². The number of non-ortho nitro benzene ring substituents is 1. The van der Waals surface area contributed by atoms with Crippen LogP contribution in [0.25, 0.3) is 5.57 Å². The number of carbonyl (C=O) groups is 2. The van der Waals surface area contributed by atoms with Crippen LogP contribution in [0.3, 0.4) is 0 Å². The molecule has 10 nitrogen and oxygen atoms in total. The minimum Gasteiger partial charge on any atom is -0.507 e. The summed E-state index contributed by atoms with van der Waals surface area (Å²) < 4.78 is 0.